The Kier molecular flexibility index (Phi) is 5.98. The van der Waals surface area contributed by atoms with Crippen molar-refractivity contribution < 1.29 is 17.6 Å². The van der Waals surface area contributed by atoms with Gasteiger partial charge in [0.15, 0.2) is 0 Å². The molecule has 0 heterocycles. The van der Waals surface area contributed by atoms with Crippen LogP contribution in [0.1, 0.15) is 21.5 Å². The molecule has 0 saturated carbocycles. The Morgan fingerprint density at radius 3 is 2.17 bits per heavy atom. The van der Waals surface area contributed by atoms with Crippen LogP contribution < -0.4 is 9.62 Å². The van der Waals surface area contributed by atoms with E-state index in [-0.39, 0.29) is 18.3 Å². The van der Waals surface area contributed by atoms with Crippen LogP contribution in [0, 0.1) is 12.7 Å². The van der Waals surface area contributed by atoms with Crippen molar-refractivity contribution in [1.82, 2.24) is 0 Å². The van der Waals surface area contributed by atoms with E-state index in [1.165, 1.54) is 28.6 Å². The van der Waals surface area contributed by atoms with Gasteiger partial charge in [0.1, 0.15) is 5.82 Å². The number of para-hydroxylation sites is 1. The van der Waals surface area contributed by atoms with Gasteiger partial charge in [-0.1, -0.05) is 30.3 Å². The molecule has 5 nitrogen and oxygen atoms in total. The van der Waals surface area contributed by atoms with Crippen molar-refractivity contribution in [2.24, 2.45) is 0 Å². The molecule has 0 saturated heterocycles. The number of hydrogen-bond donors (Lipinski definition) is 1. The first-order chi connectivity index (χ1) is 13.7. The monoisotopic (exact) mass is 412 g/mol. The summed E-state index contributed by atoms with van der Waals surface area (Å²) in [5, 5.41) is 2.84. The van der Waals surface area contributed by atoms with E-state index >= 15 is 0 Å². The SMILES string of the molecule is Cc1ccccc1NC(=O)c1ccc(N(Cc2ccc(F)cc2)S(C)(=O)=O)cc1. The van der Waals surface area contributed by atoms with Crippen LogP contribution in [0.3, 0.4) is 0 Å². The number of sulfonamides is 1. The number of carbonyl (C=O) groups excluding carboxylic acids is 1. The highest BCUT2D eigenvalue weighted by Gasteiger charge is 2.18. The Morgan fingerprint density at radius 2 is 1.59 bits per heavy atom. The molecule has 29 heavy (non-hydrogen) atoms. The van der Waals surface area contributed by atoms with Gasteiger partial charge >= 0.3 is 0 Å². The molecular formula is C22H21FN2O3S. The van der Waals surface area contributed by atoms with Gasteiger partial charge in [-0.15, -0.1) is 0 Å². The largest absolute Gasteiger partial charge is 0.322 e. The lowest BCUT2D eigenvalue weighted by molar-refractivity contribution is 0.102. The Hall–Kier alpha value is -3.19. The van der Waals surface area contributed by atoms with E-state index in [2.05, 4.69) is 5.32 Å². The van der Waals surface area contributed by atoms with E-state index in [9.17, 15) is 17.6 Å². The van der Waals surface area contributed by atoms with Crippen LogP contribution in [0.15, 0.2) is 72.8 Å². The predicted molar refractivity (Wildman–Crippen MR) is 113 cm³/mol. The van der Waals surface area contributed by atoms with Crippen molar-refractivity contribution in [3.8, 4) is 0 Å². The highest BCUT2D eigenvalue weighted by molar-refractivity contribution is 7.92. The van der Waals surface area contributed by atoms with Gasteiger partial charge in [0.05, 0.1) is 18.5 Å². The summed E-state index contributed by atoms with van der Waals surface area (Å²) in [6.45, 7) is 1.96. The number of benzene rings is 3. The van der Waals surface area contributed by atoms with Gasteiger partial charge in [-0.25, -0.2) is 12.8 Å². The van der Waals surface area contributed by atoms with Gasteiger partial charge in [-0.05, 0) is 60.5 Å². The lowest BCUT2D eigenvalue weighted by Crippen LogP contribution is -2.29. The molecule has 0 unspecified atom stereocenters. The molecule has 0 atom stereocenters. The van der Waals surface area contributed by atoms with Crippen molar-refractivity contribution in [1.29, 1.82) is 0 Å². The number of carbonyl (C=O) groups is 1. The van der Waals surface area contributed by atoms with Crippen LogP contribution in [0.2, 0.25) is 0 Å². The second-order valence-electron chi connectivity index (χ2n) is 6.71. The normalized spacial score (nSPS) is 11.1. The number of amides is 1. The average molecular weight is 412 g/mol. The van der Waals surface area contributed by atoms with Crippen LogP contribution in [0.25, 0.3) is 0 Å². The molecule has 0 bridgehead atoms. The van der Waals surface area contributed by atoms with E-state index in [1.54, 1.807) is 24.3 Å². The maximum absolute atomic E-state index is 13.1. The third kappa shape index (κ3) is 5.20. The third-order valence-electron chi connectivity index (χ3n) is 4.45. The molecule has 0 aliphatic heterocycles. The maximum Gasteiger partial charge on any atom is 0.255 e. The second kappa shape index (κ2) is 8.45. The minimum Gasteiger partial charge on any atom is -0.322 e. The highest BCUT2D eigenvalue weighted by Crippen LogP contribution is 2.22. The number of halogens is 1. The Morgan fingerprint density at radius 1 is 0.966 bits per heavy atom. The number of aryl methyl sites for hydroxylation is 1. The molecule has 3 aromatic carbocycles. The first kappa shape index (κ1) is 20.5. The van der Waals surface area contributed by atoms with Crippen LogP contribution in [0.5, 0.6) is 0 Å². The molecule has 1 N–H and O–H groups in total. The summed E-state index contributed by atoms with van der Waals surface area (Å²) in [7, 11) is -3.57. The van der Waals surface area contributed by atoms with E-state index in [4.69, 9.17) is 0 Å². The van der Waals surface area contributed by atoms with E-state index in [0.717, 1.165) is 17.5 Å². The summed E-state index contributed by atoms with van der Waals surface area (Å²) in [5.41, 5.74) is 3.14. The van der Waals surface area contributed by atoms with Crippen LogP contribution in [-0.2, 0) is 16.6 Å². The molecule has 3 aromatic rings. The number of nitrogens with zero attached hydrogens (tertiary/aromatic N) is 1. The Bertz CT molecular complexity index is 1110. The van der Waals surface area contributed by atoms with E-state index in [1.807, 2.05) is 31.2 Å². The van der Waals surface area contributed by atoms with Gasteiger partial charge in [0.25, 0.3) is 5.91 Å². The average Bonchev–Trinajstić information content (AvgIpc) is 2.68. The van der Waals surface area contributed by atoms with Crippen LogP contribution in [0.4, 0.5) is 15.8 Å². The Balaban J connectivity index is 1.81. The summed E-state index contributed by atoms with van der Waals surface area (Å²) in [6, 6.07) is 19.4. The van der Waals surface area contributed by atoms with Crippen LogP contribution >= 0.6 is 0 Å². The predicted octanol–water partition coefficient (Wildman–Crippen LogP) is 4.35. The first-order valence-corrected chi connectivity index (χ1v) is 10.8. The fraction of sp³-hybridized carbons (Fsp3) is 0.136. The summed E-state index contributed by atoms with van der Waals surface area (Å²) in [5.74, 6) is -0.668. The lowest BCUT2D eigenvalue weighted by atomic mass is 10.1. The fourth-order valence-electron chi connectivity index (χ4n) is 2.84. The van der Waals surface area contributed by atoms with Gasteiger partial charge in [-0.3, -0.25) is 9.10 Å². The molecule has 0 fully saturated rings. The second-order valence-corrected chi connectivity index (χ2v) is 8.62. The van der Waals surface area contributed by atoms with Gasteiger partial charge in [0.2, 0.25) is 10.0 Å². The minimum absolute atomic E-state index is 0.0634. The van der Waals surface area contributed by atoms with Crippen molar-refractivity contribution in [2.75, 3.05) is 15.9 Å². The van der Waals surface area contributed by atoms with Crippen molar-refractivity contribution in [3.05, 3.63) is 95.3 Å². The number of nitrogens with one attached hydrogen (secondary N) is 1. The molecular weight excluding hydrogens is 391 g/mol. The van der Waals surface area contributed by atoms with E-state index in [0.29, 0.717) is 16.8 Å². The summed E-state index contributed by atoms with van der Waals surface area (Å²) in [6.07, 6.45) is 1.11. The molecule has 0 radical (unpaired) electrons. The third-order valence-corrected chi connectivity index (χ3v) is 5.59. The number of anilines is 2. The summed E-state index contributed by atoms with van der Waals surface area (Å²) in [4.78, 5) is 12.5. The molecule has 3 rings (SSSR count). The molecule has 0 aromatic heterocycles. The topological polar surface area (TPSA) is 66.5 Å². The zero-order chi connectivity index (χ0) is 21.0. The highest BCUT2D eigenvalue weighted by atomic mass is 32.2. The molecule has 1 amide bonds. The van der Waals surface area contributed by atoms with Gasteiger partial charge in [-0.2, -0.15) is 0 Å². The number of hydrogen-bond acceptors (Lipinski definition) is 3. The first-order valence-electron chi connectivity index (χ1n) is 8.93. The van der Waals surface area contributed by atoms with Crippen molar-refractivity contribution >= 4 is 27.3 Å². The van der Waals surface area contributed by atoms with Crippen molar-refractivity contribution in [2.45, 2.75) is 13.5 Å². The quantitative estimate of drug-likeness (QED) is 0.654. The summed E-state index contributed by atoms with van der Waals surface area (Å²) < 4.78 is 38.9. The smallest absolute Gasteiger partial charge is 0.255 e. The van der Waals surface area contributed by atoms with Crippen molar-refractivity contribution in [3.63, 3.8) is 0 Å². The summed E-state index contributed by atoms with van der Waals surface area (Å²) >= 11 is 0. The number of rotatable bonds is 6. The zero-order valence-corrected chi connectivity index (χ0v) is 16.9. The minimum atomic E-state index is -3.57. The van der Waals surface area contributed by atoms with Crippen LogP contribution in [-0.4, -0.2) is 20.6 Å². The maximum atomic E-state index is 13.1. The van der Waals surface area contributed by atoms with E-state index < -0.39 is 10.0 Å². The zero-order valence-electron chi connectivity index (χ0n) is 16.1. The van der Waals surface area contributed by atoms with Gasteiger partial charge < -0.3 is 5.32 Å². The lowest BCUT2D eigenvalue weighted by Gasteiger charge is -2.22. The molecule has 0 aliphatic rings. The Labute approximate surface area is 169 Å². The molecule has 0 spiro atoms. The van der Waals surface area contributed by atoms with Gasteiger partial charge in [0, 0.05) is 11.3 Å². The fourth-order valence-corrected chi connectivity index (χ4v) is 3.73. The molecule has 7 heteroatoms. The molecule has 150 valence electrons. The standard InChI is InChI=1S/C22H21FN2O3S/c1-16-5-3-4-6-21(16)24-22(26)18-9-13-20(14-10-18)25(29(2,27)28)15-17-7-11-19(23)12-8-17/h3-14H,15H2,1-2H3,(H,24,26). The molecule has 0 aliphatic carbocycles.